The van der Waals surface area contributed by atoms with Gasteiger partial charge in [0.1, 0.15) is 9.57 Å². The zero-order valence-electron chi connectivity index (χ0n) is 17.7. The number of nitrogens with one attached hydrogen (secondary N) is 1. The molecule has 1 aliphatic rings. The van der Waals surface area contributed by atoms with Crippen LogP contribution in [0.4, 0.5) is 5.13 Å². The number of thioether (sulfide) groups is 1. The Labute approximate surface area is 196 Å². The van der Waals surface area contributed by atoms with Gasteiger partial charge in [-0.15, -0.1) is 11.3 Å². The van der Waals surface area contributed by atoms with E-state index in [1.165, 1.54) is 29.5 Å². The Kier molecular flexibility index (Phi) is 8.86. The van der Waals surface area contributed by atoms with Crippen LogP contribution in [0.1, 0.15) is 49.6 Å². The molecular weight excluding hydrogens is 450 g/mol. The molecule has 0 radical (unpaired) electrons. The maximum atomic E-state index is 13.2. The predicted octanol–water partition coefficient (Wildman–Crippen LogP) is 4.82. The van der Waals surface area contributed by atoms with Crippen LogP contribution >= 0.6 is 35.3 Å². The van der Waals surface area contributed by atoms with Gasteiger partial charge in [0.15, 0.2) is 5.13 Å². The number of esters is 1. The molecule has 3 rings (SSSR count). The predicted molar refractivity (Wildman–Crippen MR) is 130 cm³/mol. The molecule has 2 unspecified atom stereocenters. The molecule has 1 fully saturated rings. The van der Waals surface area contributed by atoms with Gasteiger partial charge in [-0.1, -0.05) is 54.3 Å². The summed E-state index contributed by atoms with van der Waals surface area (Å²) in [6.45, 7) is 5.21. The number of rotatable bonds is 7. The lowest BCUT2D eigenvalue weighted by Gasteiger charge is -2.36. The fourth-order valence-electron chi connectivity index (χ4n) is 3.42. The summed E-state index contributed by atoms with van der Waals surface area (Å²) in [6, 6.07) is 10.0. The number of thiocarbonyl (C=S) groups is 1. The number of likely N-dealkylation sites (tertiary alicyclic amines) is 1. The SMILES string of the molecule is CCOC(=O)Cc1csc(NC(=O)C(SC(=S)N2CCCCC2C)c2ccccc2)n1. The van der Waals surface area contributed by atoms with Gasteiger partial charge in [0.2, 0.25) is 5.91 Å². The molecule has 1 aromatic heterocycles. The molecule has 1 saturated heterocycles. The average molecular weight is 478 g/mol. The first-order chi connectivity index (χ1) is 15.0. The molecule has 2 atom stereocenters. The van der Waals surface area contributed by atoms with Crippen LogP contribution in [0.15, 0.2) is 35.7 Å². The first-order valence-corrected chi connectivity index (χ1v) is 12.6. The average Bonchev–Trinajstić information content (AvgIpc) is 3.19. The van der Waals surface area contributed by atoms with Crippen LogP contribution < -0.4 is 5.32 Å². The third-order valence-corrected chi connectivity index (χ3v) is 7.50. The number of hydrogen-bond acceptors (Lipinski definition) is 7. The Balaban J connectivity index is 1.71. The second-order valence-corrected chi connectivity index (χ2v) is 9.92. The highest BCUT2D eigenvalue weighted by atomic mass is 32.2. The van der Waals surface area contributed by atoms with E-state index in [9.17, 15) is 9.59 Å². The zero-order chi connectivity index (χ0) is 22.2. The lowest BCUT2D eigenvalue weighted by Crippen LogP contribution is -2.40. The van der Waals surface area contributed by atoms with Crippen molar-refractivity contribution in [3.63, 3.8) is 0 Å². The molecule has 1 aromatic carbocycles. The molecule has 0 spiro atoms. The fourth-order valence-corrected chi connectivity index (χ4v) is 5.76. The van der Waals surface area contributed by atoms with Gasteiger partial charge in [-0.25, -0.2) is 4.98 Å². The smallest absolute Gasteiger partial charge is 0.311 e. The molecule has 6 nitrogen and oxygen atoms in total. The third kappa shape index (κ3) is 6.75. The first kappa shape index (κ1) is 23.7. The highest BCUT2D eigenvalue weighted by Gasteiger charge is 2.28. The highest BCUT2D eigenvalue weighted by Crippen LogP contribution is 2.34. The fraction of sp³-hybridized carbons (Fsp3) is 0.455. The standard InChI is InChI=1S/C22H27N3O3S3/c1-3-28-18(26)13-17-14-30-21(23-17)24-20(27)19(16-10-5-4-6-11-16)31-22(29)25-12-8-7-9-15(25)2/h4-6,10-11,14-15,19H,3,7-9,12-13H2,1-2H3,(H,23,24,27). The van der Waals surface area contributed by atoms with Gasteiger partial charge in [0.05, 0.1) is 18.7 Å². The summed E-state index contributed by atoms with van der Waals surface area (Å²) >= 11 is 8.43. The van der Waals surface area contributed by atoms with Crippen LogP contribution in [-0.2, 0) is 20.7 Å². The molecule has 0 aliphatic carbocycles. The first-order valence-electron chi connectivity index (χ1n) is 10.4. The Morgan fingerprint density at radius 1 is 1.35 bits per heavy atom. The topological polar surface area (TPSA) is 71.5 Å². The van der Waals surface area contributed by atoms with Crippen LogP contribution in [0.25, 0.3) is 0 Å². The van der Waals surface area contributed by atoms with E-state index in [1.807, 2.05) is 30.3 Å². The van der Waals surface area contributed by atoms with Gasteiger partial charge >= 0.3 is 5.97 Å². The van der Waals surface area contributed by atoms with Crippen LogP contribution in [0, 0.1) is 0 Å². The number of piperidine rings is 1. The van der Waals surface area contributed by atoms with E-state index in [-0.39, 0.29) is 18.3 Å². The number of amides is 1. The maximum Gasteiger partial charge on any atom is 0.311 e. The quantitative estimate of drug-likeness (QED) is 0.453. The van der Waals surface area contributed by atoms with Crippen LogP contribution in [0.2, 0.25) is 0 Å². The van der Waals surface area contributed by atoms with E-state index in [2.05, 4.69) is 22.1 Å². The van der Waals surface area contributed by atoms with E-state index < -0.39 is 5.25 Å². The molecule has 2 aromatic rings. The molecule has 1 aliphatic heterocycles. The Morgan fingerprint density at radius 2 is 2.13 bits per heavy atom. The summed E-state index contributed by atoms with van der Waals surface area (Å²) in [5.74, 6) is -0.510. The summed E-state index contributed by atoms with van der Waals surface area (Å²) in [6.07, 6.45) is 3.54. The zero-order valence-corrected chi connectivity index (χ0v) is 20.2. The van der Waals surface area contributed by atoms with Gasteiger partial charge in [0, 0.05) is 18.0 Å². The van der Waals surface area contributed by atoms with E-state index in [0.29, 0.717) is 23.5 Å². The number of anilines is 1. The lowest BCUT2D eigenvalue weighted by atomic mass is 10.1. The van der Waals surface area contributed by atoms with Gasteiger partial charge in [-0.2, -0.15) is 0 Å². The van der Waals surface area contributed by atoms with Crippen LogP contribution in [0.5, 0.6) is 0 Å². The van der Waals surface area contributed by atoms with Crippen molar-refractivity contribution in [3.8, 4) is 0 Å². The minimum Gasteiger partial charge on any atom is -0.466 e. The molecule has 1 N–H and O–H groups in total. The molecular formula is C22H27N3O3S3. The van der Waals surface area contributed by atoms with Crippen molar-refractivity contribution < 1.29 is 14.3 Å². The number of carbonyl (C=O) groups is 2. The molecule has 31 heavy (non-hydrogen) atoms. The van der Waals surface area contributed by atoms with Gasteiger partial charge in [-0.3, -0.25) is 9.59 Å². The van der Waals surface area contributed by atoms with Crippen molar-refractivity contribution in [2.24, 2.45) is 0 Å². The Hall–Kier alpha value is -1.97. The van der Waals surface area contributed by atoms with Crippen molar-refractivity contribution in [3.05, 3.63) is 47.0 Å². The third-order valence-electron chi connectivity index (χ3n) is 5.01. The largest absolute Gasteiger partial charge is 0.466 e. The molecule has 0 saturated carbocycles. The number of thiazole rings is 1. The summed E-state index contributed by atoms with van der Waals surface area (Å²) < 4.78 is 5.71. The summed E-state index contributed by atoms with van der Waals surface area (Å²) in [5, 5.41) is 4.64. The molecule has 1 amide bonds. The molecule has 166 valence electrons. The monoisotopic (exact) mass is 477 g/mol. The van der Waals surface area contributed by atoms with Crippen molar-refractivity contribution in [2.45, 2.75) is 50.8 Å². The minimum atomic E-state index is -0.486. The van der Waals surface area contributed by atoms with E-state index in [0.717, 1.165) is 29.3 Å². The van der Waals surface area contributed by atoms with Crippen LogP contribution in [0.3, 0.4) is 0 Å². The Morgan fingerprint density at radius 3 is 2.84 bits per heavy atom. The van der Waals surface area contributed by atoms with Gasteiger partial charge in [-0.05, 0) is 38.7 Å². The van der Waals surface area contributed by atoms with E-state index in [1.54, 1.807) is 12.3 Å². The van der Waals surface area contributed by atoms with E-state index in [4.69, 9.17) is 17.0 Å². The number of carbonyl (C=O) groups excluding carboxylic acids is 2. The summed E-state index contributed by atoms with van der Waals surface area (Å²) in [4.78, 5) is 31.5. The number of ether oxygens (including phenoxy) is 1. The summed E-state index contributed by atoms with van der Waals surface area (Å²) in [5.41, 5.74) is 1.47. The number of hydrogen-bond donors (Lipinski definition) is 1. The highest BCUT2D eigenvalue weighted by molar-refractivity contribution is 8.23. The van der Waals surface area contributed by atoms with Crippen molar-refractivity contribution >= 4 is 56.6 Å². The lowest BCUT2D eigenvalue weighted by molar-refractivity contribution is -0.142. The minimum absolute atomic E-state index is 0.0913. The Bertz CT molecular complexity index is 904. The second kappa shape index (κ2) is 11.6. The number of aromatic nitrogens is 1. The number of nitrogens with zero attached hydrogens (tertiary/aromatic N) is 2. The summed E-state index contributed by atoms with van der Waals surface area (Å²) in [7, 11) is 0. The number of benzene rings is 1. The second-order valence-electron chi connectivity index (χ2n) is 7.33. The normalized spacial score (nSPS) is 17.1. The maximum absolute atomic E-state index is 13.2. The van der Waals surface area contributed by atoms with E-state index >= 15 is 0 Å². The molecule has 0 bridgehead atoms. The van der Waals surface area contributed by atoms with Gasteiger partial charge < -0.3 is 15.0 Å². The molecule has 9 heteroatoms. The van der Waals surface area contributed by atoms with Crippen molar-refractivity contribution in [2.75, 3.05) is 18.5 Å². The van der Waals surface area contributed by atoms with Crippen LogP contribution in [-0.4, -0.2) is 45.3 Å². The van der Waals surface area contributed by atoms with Crippen molar-refractivity contribution in [1.29, 1.82) is 0 Å². The molecule has 2 heterocycles. The van der Waals surface area contributed by atoms with Crippen molar-refractivity contribution in [1.82, 2.24) is 9.88 Å². The van der Waals surface area contributed by atoms with Gasteiger partial charge in [0.25, 0.3) is 0 Å².